The Morgan fingerprint density at radius 1 is 1.08 bits per heavy atom. The summed E-state index contributed by atoms with van der Waals surface area (Å²) in [7, 11) is 0. The third-order valence-electron chi connectivity index (χ3n) is 3.66. The Morgan fingerprint density at radius 3 is 2.54 bits per heavy atom. The highest BCUT2D eigenvalue weighted by atomic mass is 32.1. The van der Waals surface area contributed by atoms with Crippen LogP contribution in [-0.4, -0.2) is 21.9 Å². The lowest BCUT2D eigenvalue weighted by atomic mass is 10.1. The van der Waals surface area contributed by atoms with Crippen molar-refractivity contribution in [1.82, 2.24) is 10.2 Å². The first-order chi connectivity index (χ1) is 11.6. The number of Topliss-reactive ketones (excluding diaryl/α,β-unsaturated/α-hetero) is 1. The molecule has 1 aromatic carbocycles. The molecule has 0 radical (unpaired) electrons. The molecular weight excluding hydrogens is 322 g/mol. The van der Waals surface area contributed by atoms with E-state index in [0.29, 0.717) is 10.7 Å². The number of amides is 1. The van der Waals surface area contributed by atoms with Crippen LogP contribution in [0, 0.1) is 6.92 Å². The second-order valence-electron chi connectivity index (χ2n) is 5.80. The molecule has 2 rings (SSSR count). The van der Waals surface area contributed by atoms with Crippen molar-refractivity contribution in [1.29, 1.82) is 0 Å². The van der Waals surface area contributed by atoms with Crippen LogP contribution in [0.1, 0.15) is 60.0 Å². The molecule has 0 fully saturated rings. The number of anilines is 1. The number of aromatic nitrogens is 2. The molecule has 1 amide bonds. The fourth-order valence-corrected chi connectivity index (χ4v) is 3.02. The summed E-state index contributed by atoms with van der Waals surface area (Å²) in [5, 5.41) is 12.2. The quantitative estimate of drug-likeness (QED) is 0.546. The van der Waals surface area contributed by atoms with Crippen LogP contribution in [0.25, 0.3) is 0 Å². The average molecular weight is 345 g/mol. The first kappa shape index (κ1) is 18.3. The first-order valence-corrected chi connectivity index (χ1v) is 9.12. The van der Waals surface area contributed by atoms with E-state index in [9.17, 15) is 9.59 Å². The van der Waals surface area contributed by atoms with Gasteiger partial charge in [0.2, 0.25) is 11.0 Å². The molecule has 0 aliphatic carbocycles. The molecule has 5 nitrogen and oxygen atoms in total. The fraction of sp³-hybridized carbons (Fsp3) is 0.444. The van der Waals surface area contributed by atoms with Gasteiger partial charge in [0.05, 0.1) is 0 Å². The molecule has 0 aliphatic rings. The van der Waals surface area contributed by atoms with E-state index in [1.807, 2.05) is 19.1 Å². The molecule has 0 spiro atoms. The Kier molecular flexibility index (Phi) is 7.06. The lowest BCUT2D eigenvalue weighted by molar-refractivity contribution is -0.116. The van der Waals surface area contributed by atoms with E-state index in [1.165, 1.54) is 17.8 Å². The van der Waals surface area contributed by atoms with Crippen molar-refractivity contribution in [3.63, 3.8) is 0 Å². The van der Waals surface area contributed by atoms with Crippen LogP contribution in [-0.2, 0) is 11.2 Å². The number of carbonyl (C=O) groups is 2. The minimum absolute atomic E-state index is 0.0253. The van der Waals surface area contributed by atoms with Gasteiger partial charge in [-0.15, -0.1) is 10.2 Å². The van der Waals surface area contributed by atoms with Gasteiger partial charge in [-0.05, 0) is 13.3 Å². The Balaban J connectivity index is 1.76. The van der Waals surface area contributed by atoms with Crippen molar-refractivity contribution in [3.05, 3.63) is 40.4 Å². The molecule has 0 saturated heterocycles. The molecule has 128 valence electrons. The first-order valence-electron chi connectivity index (χ1n) is 8.30. The molecule has 1 heterocycles. The van der Waals surface area contributed by atoms with Crippen LogP contribution in [0.4, 0.5) is 5.13 Å². The maximum atomic E-state index is 12.1. The summed E-state index contributed by atoms with van der Waals surface area (Å²) in [6, 6.07) is 7.38. The number of nitrogens with one attached hydrogen (secondary N) is 1. The van der Waals surface area contributed by atoms with Gasteiger partial charge in [-0.3, -0.25) is 9.59 Å². The third-order valence-corrected chi connectivity index (χ3v) is 4.56. The summed E-state index contributed by atoms with van der Waals surface area (Å²) in [5.74, 6) is -0.227. The van der Waals surface area contributed by atoms with Gasteiger partial charge in [0.25, 0.3) is 0 Å². The van der Waals surface area contributed by atoms with Crippen molar-refractivity contribution in [2.45, 2.75) is 52.4 Å². The number of rotatable bonds is 9. The lowest BCUT2D eigenvalue weighted by Crippen LogP contribution is -2.13. The second kappa shape index (κ2) is 9.27. The maximum Gasteiger partial charge on any atom is 0.226 e. The standard InChI is InChI=1S/C18H23N3O2S/c1-3-4-5-6-17-20-21-18(24-17)19-16(23)12-11-15(22)14-9-7-13(2)8-10-14/h7-10H,3-6,11-12H2,1-2H3,(H,19,21,23). The highest BCUT2D eigenvalue weighted by Crippen LogP contribution is 2.18. The molecule has 1 N–H and O–H groups in total. The Morgan fingerprint density at radius 2 is 1.83 bits per heavy atom. The predicted octanol–water partition coefficient (Wildman–Crippen LogP) is 4.18. The Labute approximate surface area is 146 Å². The molecule has 1 aromatic heterocycles. The van der Waals surface area contributed by atoms with E-state index in [-0.39, 0.29) is 24.5 Å². The zero-order valence-electron chi connectivity index (χ0n) is 14.2. The van der Waals surface area contributed by atoms with Crippen LogP contribution >= 0.6 is 11.3 Å². The van der Waals surface area contributed by atoms with Gasteiger partial charge < -0.3 is 5.32 Å². The van der Waals surface area contributed by atoms with Gasteiger partial charge in [0.15, 0.2) is 5.78 Å². The summed E-state index contributed by atoms with van der Waals surface area (Å²) >= 11 is 1.40. The van der Waals surface area contributed by atoms with Gasteiger partial charge in [0.1, 0.15) is 5.01 Å². The number of ketones is 1. The normalized spacial score (nSPS) is 10.6. The SMILES string of the molecule is CCCCCc1nnc(NC(=O)CCC(=O)c2ccc(C)cc2)s1. The van der Waals surface area contributed by atoms with Crippen LogP contribution in [0.5, 0.6) is 0 Å². The smallest absolute Gasteiger partial charge is 0.226 e. The van der Waals surface area contributed by atoms with Crippen molar-refractivity contribution in [2.24, 2.45) is 0 Å². The van der Waals surface area contributed by atoms with Crippen molar-refractivity contribution in [2.75, 3.05) is 5.32 Å². The van der Waals surface area contributed by atoms with Crippen molar-refractivity contribution in [3.8, 4) is 0 Å². The maximum absolute atomic E-state index is 12.1. The number of unbranched alkanes of at least 4 members (excludes halogenated alkanes) is 2. The van der Waals surface area contributed by atoms with Crippen LogP contribution in [0.3, 0.4) is 0 Å². The molecule has 0 unspecified atom stereocenters. The van der Waals surface area contributed by atoms with Gasteiger partial charge in [-0.2, -0.15) is 0 Å². The molecule has 0 aliphatic heterocycles. The van der Waals surface area contributed by atoms with E-state index in [0.717, 1.165) is 29.8 Å². The van der Waals surface area contributed by atoms with Gasteiger partial charge in [-0.1, -0.05) is 60.9 Å². The minimum atomic E-state index is -0.202. The summed E-state index contributed by atoms with van der Waals surface area (Å²) < 4.78 is 0. The largest absolute Gasteiger partial charge is 0.301 e. The van der Waals surface area contributed by atoms with Gasteiger partial charge in [-0.25, -0.2) is 0 Å². The molecule has 0 atom stereocenters. The number of hydrogen-bond donors (Lipinski definition) is 1. The van der Waals surface area contributed by atoms with Gasteiger partial charge in [0, 0.05) is 24.8 Å². The summed E-state index contributed by atoms with van der Waals surface area (Å²) in [6.45, 7) is 4.13. The lowest BCUT2D eigenvalue weighted by Gasteiger charge is -2.02. The van der Waals surface area contributed by atoms with Crippen molar-refractivity contribution < 1.29 is 9.59 Å². The monoisotopic (exact) mass is 345 g/mol. The zero-order valence-corrected chi connectivity index (χ0v) is 15.0. The molecule has 2 aromatic rings. The number of carbonyl (C=O) groups excluding carboxylic acids is 2. The van der Waals surface area contributed by atoms with Crippen LogP contribution in [0.2, 0.25) is 0 Å². The van der Waals surface area contributed by atoms with Crippen LogP contribution < -0.4 is 5.32 Å². The number of hydrogen-bond acceptors (Lipinski definition) is 5. The van der Waals surface area contributed by atoms with Crippen LogP contribution in [0.15, 0.2) is 24.3 Å². The summed E-state index contributed by atoms with van der Waals surface area (Å²) in [5.41, 5.74) is 1.75. The van der Waals surface area contributed by atoms with Crippen molar-refractivity contribution >= 4 is 28.2 Å². The Hall–Kier alpha value is -2.08. The molecule has 24 heavy (non-hydrogen) atoms. The third kappa shape index (κ3) is 5.85. The molecule has 0 saturated carbocycles. The summed E-state index contributed by atoms with van der Waals surface area (Å²) in [6.07, 6.45) is 4.66. The number of nitrogens with zero attached hydrogens (tertiary/aromatic N) is 2. The van der Waals surface area contributed by atoms with E-state index in [1.54, 1.807) is 12.1 Å². The number of benzene rings is 1. The molecular formula is C18H23N3O2S. The van der Waals surface area contributed by atoms with E-state index in [2.05, 4.69) is 22.4 Å². The highest BCUT2D eigenvalue weighted by molar-refractivity contribution is 7.15. The summed E-state index contributed by atoms with van der Waals surface area (Å²) in [4.78, 5) is 24.0. The molecule has 6 heteroatoms. The average Bonchev–Trinajstić information content (AvgIpc) is 3.01. The fourth-order valence-electron chi connectivity index (χ4n) is 2.22. The van der Waals surface area contributed by atoms with Gasteiger partial charge >= 0.3 is 0 Å². The van der Waals surface area contributed by atoms with E-state index < -0.39 is 0 Å². The zero-order chi connectivity index (χ0) is 17.4. The van der Waals surface area contributed by atoms with E-state index >= 15 is 0 Å². The predicted molar refractivity (Wildman–Crippen MR) is 96.5 cm³/mol. The van der Waals surface area contributed by atoms with E-state index in [4.69, 9.17) is 0 Å². The Bertz CT molecular complexity index is 680. The number of aryl methyl sites for hydroxylation is 2. The molecule has 0 bridgehead atoms. The topological polar surface area (TPSA) is 72.0 Å². The highest BCUT2D eigenvalue weighted by Gasteiger charge is 2.11. The minimum Gasteiger partial charge on any atom is -0.301 e. The second-order valence-corrected chi connectivity index (χ2v) is 6.86.